The summed E-state index contributed by atoms with van der Waals surface area (Å²) in [4.78, 5) is 20.2. The van der Waals surface area contributed by atoms with E-state index in [-0.39, 0.29) is 10.8 Å². The van der Waals surface area contributed by atoms with E-state index in [9.17, 15) is 18.0 Å². The van der Waals surface area contributed by atoms with Crippen molar-refractivity contribution in [2.75, 3.05) is 18.1 Å². The topological polar surface area (TPSA) is 69.5 Å². The minimum Gasteiger partial charge on any atom is -0.494 e. The number of aromatic nitrogens is 1. The zero-order valence-electron chi connectivity index (χ0n) is 20.8. The lowest BCUT2D eigenvalue weighted by Crippen LogP contribution is -2.44. The number of hydrogen-bond donors (Lipinski definition) is 0. The first kappa shape index (κ1) is 27.1. The lowest BCUT2D eigenvalue weighted by molar-refractivity contribution is -0.137. The van der Waals surface area contributed by atoms with Crippen LogP contribution in [0.5, 0.6) is 5.75 Å². The van der Waals surface area contributed by atoms with E-state index in [0.717, 1.165) is 33.9 Å². The van der Waals surface area contributed by atoms with Crippen LogP contribution in [0.25, 0.3) is 11.1 Å². The number of ether oxygens (including phenoxy) is 1. The van der Waals surface area contributed by atoms with Gasteiger partial charge in [-0.3, -0.25) is 14.7 Å². The maximum Gasteiger partial charge on any atom is 0.417 e. The molecule has 0 N–H and O–H groups in total. The number of pyridine rings is 1. The smallest absolute Gasteiger partial charge is 0.417 e. The molecule has 2 heterocycles. The van der Waals surface area contributed by atoms with Gasteiger partial charge in [-0.2, -0.15) is 18.4 Å². The standard InChI is InChI=1S/C28H25F3N4O2S/c1-27(2)25(36)35(22-10-7-20(17-32)24(16-22)28(29,30)31)26(38)34(27)14-3-4-15-37-23-11-8-19(9-12-23)21-6-5-13-33-18-21/h5-13,16,18H,3-4,14-15H2,1-2H3. The van der Waals surface area contributed by atoms with Crippen molar-refractivity contribution in [3.63, 3.8) is 0 Å². The number of carbonyl (C=O) groups is 1. The summed E-state index contributed by atoms with van der Waals surface area (Å²) in [5.74, 6) is 0.308. The van der Waals surface area contributed by atoms with Gasteiger partial charge >= 0.3 is 6.18 Å². The lowest BCUT2D eigenvalue weighted by atomic mass is 10.0. The van der Waals surface area contributed by atoms with Gasteiger partial charge in [-0.25, -0.2) is 0 Å². The van der Waals surface area contributed by atoms with Gasteiger partial charge in [0.15, 0.2) is 5.11 Å². The number of amides is 1. The summed E-state index contributed by atoms with van der Waals surface area (Å²) in [6.45, 7) is 4.27. The molecule has 0 aliphatic carbocycles. The van der Waals surface area contributed by atoms with E-state index >= 15 is 0 Å². The van der Waals surface area contributed by atoms with Crippen LogP contribution in [0.15, 0.2) is 67.0 Å². The van der Waals surface area contributed by atoms with Crippen molar-refractivity contribution in [1.82, 2.24) is 9.88 Å². The Labute approximate surface area is 224 Å². The fourth-order valence-corrected chi connectivity index (χ4v) is 4.79. The Bertz CT molecular complexity index is 1370. The van der Waals surface area contributed by atoms with Gasteiger partial charge < -0.3 is 9.64 Å². The van der Waals surface area contributed by atoms with Gasteiger partial charge in [-0.05, 0) is 86.4 Å². The van der Waals surface area contributed by atoms with E-state index in [4.69, 9.17) is 22.2 Å². The van der Waals surface area contributed by atoms with Gasteiger partial charge in [-0.15, -0.1) is 0 Å². The molecule has 1 saturated heterocycles. The molecule has 0 saturated carbocycles. The molecular formula is C28H25F3N4O2S. The number of alkyl halides is 3. The number of unbranched alkanes of at least 4 members (excludes halogenated alkanes) is 1. The number of hydrogen-bond acceptors (Lipinski definition) is 5. The van der Waals surface area contributed by atoms with Gasteiger partial charge in [0.25, 0.3) is 5.91 Å². The minimum absolute atomic E-state index is 0.0139. The van der Waals surface area contributed by atoms with E-state index in [1.165, 1.54) is 6.07 Å². The molecule has 2 aromatic carbocycles. The normalized spacial score (nSPS) is 15.1. The summed E-state index contributed by atoms with van der Waals surface area (Å²) in [5, 5.41) is 9.19. The summed E-state index contributed by atoms with van der Waals surface area (Å²) < 4.78 is 46.3. The largest absolute Gasteiger partial charge is 0.494 e. The molecule has 0 unspecified atom stereocenters. The summed E-state index contributed by atoms with van der Waals surface area (Å²) in [7, 11) is 0. The van der Waals surface area contributed by atoms with Crippen molar-refractivity contribution >= 4 is 28.9 Å². The predicted molar refractivity (Wildman–Crippen MR) is 141 cm³/mol. The molecule has 0 bridgehead atoms. The molecule has 196 valence electrons. The van der Waals surface area contributed by atoms with Crippen molar-refractivity contribution in [1.29, 1.82) is 5.26 Å². The number of carbonyl (C=O) groups excluding carboxylic acids is 1. The van der Waals surface area contributed by atoms with Gasteiger partial charge in [-0.1, -0.05) is 18.2 Å². The Morgan fingerprint density at radius 3 is 2.45 bits per heavy atom. The van der Waals surface area contributed by atoms with Crippen LogP contribution in [-0.4, -0.2) is 39.6 Å². The zero-order valence-corrected chi connectivity index (χ0v) is 21.6. The Morgan fingerprint density at radius 2 is 1.82 bits per heavy atom. The number of halogens is 3. The highest BCUT2D eigenvalue weighted by molar-refractivity contribution is 7.80. The minimum atomic E-state index is -4.74. The first-order chi connectivity index (χ1) is 18.0. The number of thiocarbonyl (C=S) groups is 1. The number of benzene rings is 2. The molecule has 1 aromatic heterocycles. The van der Waals surface area contributed by atoms with Crippen molar-refractivity contribution in [2.24, 2.45) is 0 Å². The molecule has 0 atom stereocenters. The highest BCUT2D eigenvalue weighted by Gasteiger charge is 2.49. The number of rotatable bonds is 8. The highest BCUT2D eigenvalue weighted by atomic mass is 32.1. The van der Waals surface area contributed by atoms with Gasteiger partial charge in [0.2, 0.25) is 0 Å². The molecule has 38 heavy (non-hydrogen) atoms. The Balaban J connectivity index is 1.36. The molecule has 1 aliphatic heterocycles. The fraction of sp³-hybridized carbons (Fsp3) is 0.286. The molecule has 1 amide bonds. The third-order valence-electron chi connectivity index (χ3n) is 6.40. The third kappa shape index (κ3) is 5.48. The van der Waals surface area contributed by atoms with Crippen LogP contribution < -0.4 is 9.64 Å². The molecule has 0 radical (unpaired) electrons. The van der Waals surface area contributed by atoms with E-state index in [0.29, 0.717) is 26.0 Å². The van der Waals surface area contributed by atoms with Crippen molar-refractivity contribution < 1.29 is 22.7 Å². The molecule has 1 fully saturated rings. The van der Waals surface area contributed by atoms with Crippen LogP contribution in [0.2, 0.25) is 0 Å². The van der Waals surface area contributed by atoms with Crippen molar-refractivity contribution in [3.05, 3.63) is 78.1 Å². The number of anilines is 1. The Hall–Kier alpha value is -3.97. The maximum absolute atomic E-state index is 13.5. The quantitative estimate of drug-likeness (QED) is 0.251. The van der Waals surface area contributed by atoms with Gasteiger partial charge in [0.05, 0.1) is 29.5 Å². The zero-order chi connectivity index (χ0) is 27.5. The number of nitrogens with zero attached hydrogens (tertiary/aromatic N) is 4. The van der Waals surface area contributed by atoms with E-state index in [1.807, 2.05) is 36.4 Å². The summed E-state index contributed by atoms with van der Waals surface area (Å²) >= 11 is 5.52. The van der Waals surface area contributed by atoms with Crippen LogP contribution in [0, 0.1) is 11.3 Å². The van der Waals surface area contributed by atoms with Crippen molar-refractivity contribution in [3.8, 4) is 22.9 Å². The SMILES string of the molecule is CC1(C)C(=O)N(c2ccc(C#N)c(C(F)(F)F)c2)C(=S)N1CCCCOc1ccc(-c2cccnc2)cc1. The average molecular weight is 539 g/mol. The molecule has 0 spiro atoms. The molecule has 6 nitrogen and oxygen atoms in total. The predicted octanol–water partition coefficient (Wildman–Crippen LogP) is 6.21. The lowest BCUT2D eigenvalue weighted by Gasteiger charge is -2.29. The summed E-state index contributed by atoms with van der Waals surface area (Å²) in [5.41, 5.74) is -0.611. The molecule has 4 rings (SSSR count). The second kappa shape index (κ2) is 10.8. The Kier molecular flexibility index (Phi) is 7.69. The maximum atomic E-state index is 13.5. The van der Waals surface area contributed by atoms with Crippen molar-refractivity contribution in [2.45, 2.75) is 38.4 Å². The monoisotopic (exact) mass is 538 g/mol. The summed E-state index contributed by atoms with van der Waals surface area (Å²) in [6, 6.07) is 16.3. The molecule has 3 aromatic rings. The average Bonchev–Trinajstić information content (AvgIpc) is 3.07. The second-order valence-electron chi connectivity index (χ2n) is 9.29. The molecular weight excluding hydrogens is 513 g/mol. The van der Waals surface area contributed by atoms with E-state index in [2.05, 4.69) is 4.98 Å². The molecule has 1 aliphatic rings. The fourth-order valence-electron chi connectivity index (χ4n) is 4.28. The first-order valence-electron chi connectivity index (χ1n) is 11.9. The van der Waals surface area contributed by atoms with Crippen LogP contribution >= 0.6 is 12.2 Å². The Morgan fingerprint density at radius 1 is 1.08 bits per heavy atom. The van der Waals surface area contributed by atoms with E-state index in [1.54, 1.807) is 37.2 Å². The van der Waals surface area contributed by atoms with Crippen LogP contribution in [-0.2, 0) is 11.0 Å². The summed E-state index contributed by atoms with van der Waals surface area (Å²) in [6.07, 6.45) is 0.117. The second-order valence-corrected chi connectivity index (χ2v) is 9.66. The van der Waals surface area contributed by atoms with Gasteiger partial charge in [0.1, 0.15) is 11.3 Å². The van der Waals surface area contributed by atoms with Gasteiger partial charge in [0, 0.05) is 18.9 Å². The first-order valence-corrected chi connectivity index (χ1v) is 12.4. The number of nitriles is 1. The van der Waals surface area contributed by atoms with E-state index < -0.39 is 28.7 Å². The van der Waals surface area contributed by atoms with Crippen LogP contribution in [0.4, 0.5) is 18.9 Å². The highest BCUT2D eigenvalue weighted by Crippen LogP contribution is 2.38. The molecule has 10 heteroatoms. The van der Waals surface area contributed by atoms with Crippen LogP contribution in [0.3, 0.4) is 0 Å². The third-order valence-corrected chi connectivity index (χ3v) is 6.81. The van der Waals surface area contributed by atoms with Crippen LogP contribution in [0.1, 0.15) is 37.8 Å².